The minimum absolute atomic E-state index is 0.217. The fourth-order valence-corrected chi connectivity index (χ4v) is 5.19. The fourth-order valence-electron chi connectivity index (χ4n) is 3.65. The number of amides is 1. The van der Waals surface area contributed by atoms with Crippen LogP contribution in [0.15, 0.2) is 30.3 Å². The topological polar surface area (TPSA) is 64.9 Å². The van der Waals surface area contributed by atoms with E-state index >= 15 is 0 Å². The first-order chi connectivity index (χ1) is 13.4. The van der Waals surface area contributed by atoms with Gasteiger partial charge in [-0.25, -0.2) is 0 Å². The molecule has 6 heteroatoms. The van der Waals surface area contributed by atoms with Crippen molar-refractivity contribution in [3.05, 3.63) is 51.9 Å². The summed E-state index contributed by atoms with van der Waals surface area (Å²) in [5.74, 6) is 0.357. The number of carbonyl (C=O) groups excluding carboxylic acids is 1. The summed E-state index contributed by atoms with van der Waals surface area (Å²) in [4.78, 5) is 13.6. The van der Waals surface area contributed by atoms with Crippen LogP contribution in [0.3, 0.4) is 0 Å². The molecule has 1 aliphatic carbocycles. The van der Waals surface area contributed by atoms with E-state index in [2.05, 4.69) is 37.5 Å². The van der Waals surface area contributed by atoms with E-state index in [-0.39, 0.29) is 11.0 Å². The van der Waals surface area contributed by atoms with Crippen LogP contribution in [-0.2, 0) is 12.8 Å². The molecule has 0 fully saturated rings. The average molecular weight is 412 g/mol. The summed E-state index contributed by atoms with van der Waals surface area (Å²) in [6, 6.07) is 11.3. The molecule has 1 aliphatic rings. The maximum absolute atomic E-state index is 12.3. The molecule has 2 N–H and O–H groups in total. The Balaban J connectivity index is 1.74. The molecular formula is C22H25N3OS2. The lowest BCUT2D eigenvalue weighted by atomic mass is 9.69. The molecule has 0 spiro atoms. The van der Waals surface area contributed by atoms with Crippen molar-refractivity contribution in [1.82, 2.24) is 5.32 Å². The summed E-state index contributed by atoms with van der Waals surface area (Å²) in [6.07, 6.45) is 4.17. The molecule has 1 atom stereocenters. The molecule has 146 valence electrons. The van der Waals surface area contributed by atoms with Gasteiger partial charge in [-0.05, 0) is 60.5 Å². The maximum Gasteiger partial charge on any atom is 0.257 e. The second-order valence-corrected chi connectivity index (χ2v) is 9.39. The molecule has 4 nitrogen and oxygen atoms in total. The SMILES string of the molecule is CCC(C)(C)[C@@H]1CCc2c(sc(NC(=S)NC(=O)c3ccccc3)c2C#N)C1. The maximum atomic E-state index is 12.3. The van der Waals surface area contributed by atoms with Gasteiger partial charge in [0.2, 0.25) is 0 Å². The van der Waals surface area contributed by atoms with E-state index in [9.17, 15) is 10.1 Å². The van der Waals surface area contributed by atoms with Gasteiger partial charge in [0, 0.05) is 10.4 Å². The van der Waals surface area contributed by atoms with Crippen molar-refractivity contribution in [3.63, 3.8) is 0 Å². The summed E-state index contributed by atoms with van der Waals surface area (Å²) in [7, 11) is 0. The van der Waals surface area contributed by atoms with Gasteiger partial charge in [-0.3, -0.25) is 10.1 Å². The van der Waals surface area contributed by atoms with E-state index in [1.165, 1.54) is 4.88 Å². The third-order valence-electron chi connectivity index (χ3n) is 5.88. The first-order valence-electron chi connectivity index (χ1n) is 9.57. The van der Waals surface area contributed by atoms with Gasteiger partial charge in [-0.1, -0.05) is 45.4 Å². The van der Waals surface area contributed by atoms with E-state index in [1.54, 1.807) is 35.6 Å². The Morgan fingerprint density at radius 1 is 1.36 bits per heavy atom. The van der Waals surface area contributed by atoms with Crippen LogP contribution < -0.4 is 10.6 Å². The largest absolute Gasteiger partial charge is 0.323 e. The van der Waals surface area contributed by atoms with E-state index in [1.807, 2.05) is 6.07 Å². The van der Waals surface area contributed by atoms with Crippen molar-refractivity contribution in [2.75, 3.05) is 5.32 Å². The number of anilines is 1. The van der Waals surface area contributed by atoms with Crippen LogP contribution in [0.4, 0.5) is 5.00 Å². The number of nitriles is 1. The normalized spacial score (nSPS) is 16.0. The summed E-state index contributed by atoms with van der Waals surface area (Å²) in [6.45, 7) is 6.90. The highest BCUT2D eigenvalue weighted by molar-refractivity contribution is 7.80. The molecule has 0 saturated carbocycles. The van der Waals surface area contributed by atoms with Gasteiger partial charge in [0.1, 0.15) is 11.1 Å². The standard InChI is InChI=1S/C22H25N3OS2/c1-4-22(2,3)15-10-11-16-17(13-23)20(28-18(16)12-15)25-21(27)24-19(26)14-8-6-5-7-9-14/h5-9,15H,4,10-12H2,1-3H3,(H2,24,25,26,27)/t15-/m1/s1. The first-order valence-corrected chi connectivity index (χ1v) is 10.8. The van der Waals surface area contributed by atoms with Crippen LogP contribution in [0.1, 0.15) is 60.0 Å². The van der Waals surface area contributed by atoms with Gasteiger partial charge >= 0.3 is 0 Å². The van der Waals surface area contributed by atoms with Gasteiger partial charge in [0.15, 0.2) is 5.11 Å². The number of rotatable bonds is 4. The lowest BCUT2D eigenvalue weighted by molar-refractivity contribution is 0.0977. The molecule has 1 heterocycles. The van der Waals surface area contributed by atoms with Crippen molar-refractivity contribution in [3.8, 4) is 6.07 Å². The predicted molar refractivity (Wildman–Crippen MR) is 119 cm³/mol. The second kappa shape index (κ2) is 8.42. The van der Waals surface area contributed by atoms with Crippen LogP contribution in [0.25, 0.3) is 0 Å². The highest BCUT2D eigenvalue weighted by atomic mass is 32.1. The molecule has 0 saturated heterocycles. The number of hydrogen-bond donors (Lipinski definition) is 2. The van der Waals surface area contributed by atoms with Crippen LogP contribution >= 0.6 is 23.6 Å². The van der Waals surface area contributed by atoms with Gasteiger partial charge in [-0.15, -0.1) is 11.3 Å². The number of benzene rings is 1. The van der Waals surface area contributed by atoms with Gasteiger partial charge < -0.3 is 5.32 Å². The van der Waals surface area contributed by atoms with Gasteiger partial charge in [0.25, 0.3) is 5.91 Å². The van der Waals surface area contributed by atoms with Gasteiger partial charge in [0.05, 0.1) is 5.56 Å². The van der Waals surface area contributed by atoms with Crippen molar-refractivity contribution in [1.29, 1.82) is 5.26 Å². The van der Waals surface area contributed by atoms with Crippen molar-refractivity contribution in [2.45, 2.75) is 46.5 Å². The molecule has 1 amide bonds. The quantitative estimate of drug-likeness (QED) is 0.671. The van der Waals surface area contributed by atoms with E-state index in [0.29, 0.717) is 22.5 Å². The monoisotopic (exact) mass is 411 g/mol. The number of thiocarbonyl (C=S) groups is 1. The van der Waals surface area contributed by atoms with Crippen molar-refractivity contribution < 1.29 is 4.79 Å². The van der Waals surface area contributed by atoms with E-state index in [4.69, 9.17) is 12.2 Å². The number of nitrogens with one attached hydrogen (secondary N) is 2. The molecule has 0 bridgehead atoms. The zero-order chi connectivity index (χ0) is 20.3. The Morgan fingerprint density at radius 3 is 2.71 bits per heavy atom. The molecule has 0 unspecified atom stereocenters. The van der Waals surface area contributed by atoms with Crippen LogP contribution in [0.5, 0.6) is 0 Å². The smallest absolute Gasteiger partial charge is 0.257 e. The van der Waals surface area contributed by atoms with Crippen molar-refractivity contribution >= 4 is 39.6 Å². The molecule has 0 radical (unpaired) electrons. The lowest BCUT2D eigenvalue weighted by Gasteiger charge is -2.36. The molecule has 1 aromatic heterocycles. The molecule has 0 aliphatic heterocycles. The Labute approximate surface area is 176 Å². The number of thiophene rings is 1. The Kier molecular flexibility index (Phi) is 6.17. The second-order valence-electron chi connectivity index (χ2n) is 7.88. The van der Waals surface area contributed by atoms with E-state index < -0.39 is 0 Å². The summed E-state index contributed by atoms with van der Waals surface area (Å²) in [5.41, 5.74) is 2.66. The van der Waals surface area contributed by atoms with Crippen LogP contribution in [0.2, 0.25) is 0 Å². The summed E-state index contributed by atoms with van der Waals surface area (Å²) < 4.78 is 0. The fraction of sp³-hybridized carbons (Fsp3) is 0.409. The van der Waals surface area contributed by atoms with Crippen LogP contribution in [-0.4, -0.2) is 11.0 Å². The number of nitrogens with zero attached hydrogens (tertiary/aromatic N) is 1. The Morgan fingerprint density at radius 2 is 2.07 bits per heavy atom. The molecule has 28 heavy (non-hydrogen) atoms. The zero-order valence-corrected chi connectivity index (χ0v) is 18.1. The van der Waals surface area contributed by atoms with Gasteiger partial charge in [-0.2, -0.15) is 5.26 Å². The first kappa shape index (κ1) is 20.5. The molecule has 1 aromatic carbocycles. The molecule has 2 aromatic rings. The van der Waals surface area contributed by atoms with Crippen molar-refractivity contribution in [2.24, 2.45) is 11.3 Å². The Bertz CT molecular complexity index is 925. The van der Waals surface area contributed by atoms with E-state index in [0.717, 1.165) is 36.2 Å². The number of hydrogen-bond acceptors (Lipinski definition) is 4. The number of fused-ring (bicyclic) bond motifs is 1. The molecular weight excluding hydrogens is 386 g/mol. The predicted octanol–water partition coefficient (Wildman–Crippen LogP) is 5.29. The number of carbonyl (C=O) groups is 1. The molecule has 3 rings (SSSR count). The lowest BCUT2D eigenvalue weighted by Crippen LogP contribution is -2.34. The third kappa shape index (κ3) is 4.26. The summed E-state index contributed by atoms with van der Waals surface area (Å²) in [5, 5.41) is 16.4. The minimum Gasteiger partial charge on any atom is -0.323 e. The average Bonchev–Trinajstić information content (AvgIpc) is 3.04. The zero-order valence-electron chi connectivity index (χ0n) is 16.5. The minimum atomic E-state index is -0.261. The third-order valence-corrected chi connectivity index (χ3v) is 7.26. The highest BCUT2D eigenvalue weighted by Crippen LogP contribution is 2.45. The Hall–Kier alpha value is -2.23. The highest BCUT2D eigenvalue weighted by Gasteiger charge is 2.34. The van der Waals surface area contributed by atoms with Crippen LogP contribution in [0, 0.1) is 22.7 Å². The summed E-state index contributed by atoms with van der Waals surface area (Å²) >= 11 is 6.91.